The summed E-state index contributed by atoms with van der Waals surface area (Å²) in [5.41, 5.74) is 7.94. The summed E-state index contributed by atoms with van der Waals surface area (Å²) >= 11 is 0. The van der Waals surface area contributed by atoms with Gasteiger partial charge in [-0.1, -0.05) is 49.4 Å². The van der Waals surface area contributed by atoms with Crippen LogP contribution in [0.25, 0.3) is 0 Å². The number of amides is 1. The van der Waals surface area contributed by atoms with Crippen molar-refractivity contribution in [3.63, 3.8) is 0 Å². The molecule has 4 nitrogen and oxygen atoms in total. The predicted octanol–water partition coefficient (Wildman–Crippen LogP) is 2.85. The number of para-hydroxylation sites is 1. The van der Waals surface area contributed by atoms with Crippen LogP contribution >= 0.6 is 0 Å². The molecule has 116 valence electrons. The summed E-state index contributed by atoms with van der Waals surface area (Å²) in [7, 11) is 0. The first-order valence-electron chi connectivity index (χ1n) is 7.41. The number of nitrogens with one attached hydrogen (secondary N) is 1. The highest BCUT2D eigenvalue weighted by Crippen LogP contribution is 2.10. The quantitative estimate of drug-likeness (QED) is 0.773. The van der Waals surface area contributed by atoms with Crippen molar-refractivity contribution in [2.45, 2.75) is 13.5 Å². The number of benzene rings is 2. The van der Waals surface area contributed by atoms with Crippen molar-refractivity contribution in [3.05, 3.63) is 65.7 Å². The summed E-state index contributed by atoms with van der Waals surface area (Å²) in [6.07, 6.45) is 0. The Labute approximate surface area is 131 Å². The zero-order valence-electron chi connectivity index (χ0n) is 12.8. The van der Waals surface area contributed by atoms with Gasteiger partial charge in [0.2, 0.25) is 0 Å². The first-order chi connectivity index (χ1) is 10.7. The smallest absolute Gasteiger partial charge is 0.253 e. The van der Waals surface area contributed by atoms with Crippen LogP contribution in [0.4, 0.5) is 5.69 Å². The van der Waals surface area contributed by atoms with Crippen LogP contribution in [-0.4, -0.2) is 19.1 Å². The Hall–Kier alpha value is -2.33. The van der Waals surface area contributed by atoms with Gasteiger partial charge in [0.15, 0.2) is 0 Å². The Morgan fingerprint density at radius 3 is 2.55 bits per heavy atom. The van der Waals surface area contributed by atoms with E-state index in [-0.39, 0.29) is 11.8 Å². The summed E-state index contributed by atoms with van der Waals surface area (Å²) in [5, 5.41) is 2.89. The molecule has 3 N–H and O–H groups in total. The molecule has 0 aliphatic rings. The molecule has 0 aliphatic heterocycles. The Kier molecular flexibility index (Phi) is 5.98. The van der Waals surface area contributed by atoms with Gasteiger partial charge in [-0.05, 0) is 23.6 Å². The van der Waals surface area contributed by atoms with Crippen molar-refractivity contribution in [1.82, 2.24) is 5.32 Å². The molecule has 0 saturated carbocycles. The summed E-state index contributed by atoms with van der Waals surface area (Å²) in [4.78, 5) is 12.0. The molecule has 0 aliphatic carbocycles. The Bertz CT molecular complexity index is 599. The number of carbonyl (C=O) groups excluding carboxylic acids is 1. The maximum atomic E-state index is 12.0. The molecule has 0 spiro atoms. The van der Waals surface area contributed by atoms with Gasteiger partial charge >= 0.3 is 0 Å². The molecule has 0 saturated heterocycles. The second-order valence-corrected chi connectivity index (χ2v) is 5.40. The summed E-state index contributed by atoms with van der Waals surface area (Å²) < 4.78 is 5.67. The van der Waals surface area contributed by atoms with Gasteiger partial charge in [-0.3, -0.25) is 4.79 Å². The zero-order valence-corrected chi connectivity index (χ0v) is 12.8. The third-order valence-corrected chi connectivity index (χ3v) is 3.33. The summed E-state index contributed by atoms with van der Waals surface area (Å²) in [5.74, 6) is 0.0885. The molecule has 2 rings (SSSR count). The van der Waals surface area contributed by atoms with Crippen molar-refractivity contribution in [2.24, 2.45) is 5.92 Å². The highest BCUT2D eigenvalue weighted by Gasteiger charge is 2.10. The number of hydrogen-bond acceptors (Lipinski definition) is 3. The molecule has 2 aromatic carbocycles. The second kappa shape index (κ2) is 8.20. The van der Waals surface area contributed by atoms with Gasteiger partial charge in [-0.15, -0.1) is 0 Å². The zero-order chi connectivity index (χ0) is 15.8. The number of anilines is 1. The van der Waals surface area contributed by atoms with E-state index < -0.39 is 0 Å². The molecule has 0 heterocycles. The Morgan fingerprint density at radius 2 is 1.82 bits per heavy atom. The highest BCUT2D eigenvalue weighted by atomic mass is 16.5. The molecule has 1 atom stereocenters. The molecule has 22 heavy (non-hydrogen) atoms. The third kappa shape index (κ3) is 4.90. The minimum atomic E-state index is -0.145. The minimum Gasteiger partial charge on any atom is -0.398 e. The lowest BCUT2D eigenvalue weighted by molar-refractivity contribution is 0.0844. The largest absolute Gasteiger partial charge is 0.398 e. The van der Waals surface area contributed by atoms with E-state index in [0.29, 0.717) is 31.0 Å². The number of hydrogen-bond donors (Lipinski definition) is 2. The Morgan fingerprint density at radius 1 is 1.14 bits per heavy atom. The minimum absolute atomic E-state index is 0.145. The first kappa shape index (κ1) is 16.0. The monoisotopic (exact) mass is 298 g/mol. The fourth-order valence-electron chi connectivity index (χ4n) is 2.08. The van der Waals surface area contributed by atoms with Gasteiger partial charge < -0.3 is 15.8 Å². The average molecular weight is 298 g/mol. The van der Waals surface area contributed by atoms with Crippen LogP contribution in [0.5, 0.6) is 0 Å². The number of rotatable bonds is 7. The molecule has 0 aromatic heterocycles. The van der Waals surface area contributed by atoms with E-state index in [1.54, 1.807) is 18.2 Å². The van der Waals surface area contributed by atoms with E-state index in [2.05, 4.69) is 5.32 Å². The van der Waals surface area contributed by atoms with Crippen molar-refractivity contribution >= 4 is 11.6 Å². The van der Waals surface area contributed by atoms with Crippen LogP contribution in [-0.2, 0) is 11.3 Å². The fourth-order valence-corrected chi connectivity index (χ4v) is 2.08. The van der Waals surface area contributed by atoms with E-state index in [0.717, 1.165) is 5.56 Å². The molecule has 0 fully saturated rings. The molecule has 4 heteroatoms. The van der Waals surface area contributed by atoms with Crippen molar-refractivity contribution in [2.75, 3.05) is 18.9 Å². The molecular weight excluding hydrogens is 276 g/mol. The fraction of sp³-hybridized carbons (Fsp3) is 0.278. The maximum absolute atomic E-state index is 12.0. The predicted molar refractivity (Wildman–Crippen MR) is 88.4 cm³/mol. The van der Waals surface area contributed by atoms with Crippen LogP contribution < -0.4 is 11.1 Å². The highest BCUT2D eigenvalue weighted by molar-refractivity contribution is 5.99. The summed E-state index contributed by atoms with van der Waals surface area (Å²) in [6, 6.07) is 17.1. The van der Waals surface area contributed by atoms with E-state index >= 15 is 0 Å². The SMILES string of the molecule is CC(CNC(=O)c1ccccc1N)COCc1ccccc1. The van der Waals surface area contributed by atoms with E-state index in [1.807, 2.05) is 43.3 Å². The number of ether oxygens (including phenoxy) is 1. The molecule has 0 bridgehead atoms. The van der Waals surface area contributed by atoms with Crippen molar-refractivity contribution < 1.29 is 9.53 Å². The van der Waals surface area contributed by atoms with E-state index in [4.69, 9.17) is 10.5 Å². The van der Waals surface area contributed by atoms with Crippen LogP contribution in [0.2, 0.25) is 0 Å². The van der Waals surface area contributed by atoms with Gasteiger partial charge in [0.25, 0.3) is 5.91 Å². The Balaban J connectivity index is 1.70. The van der Waals surface area contributed by atoms with E-state index in [9.17, 15) is 4.79 Å². The molecule has 0 radical (unpaired) electrons. The molecule has 2 aromatic rings. The maximum Gasteiger partial charge on any atom is 0.253 e. The van der Waals surface area contributed by atoms with Crippen LogP contribution in [0.3, 0.4) is 0 Å². The van der Waals surface area contributed by atoms with Crippen molar-refractivity contribution in [1.29, 1.82) is 0 Å². The second-order valence-electron chi connectivity index (χ2n) is 5.40. The molecular formula is C18H22N2O2. The van der Waals surface area contributed by atoms with Crippen molar-refractivity contribution in [3.8, 4) is 0 Å². The van der Waals surface area contributed by atoms with Crippen LogP contribution in [0.15, 0.2) is 54.6 Å². The lowest BCUT2D eigenvalue weighted by Gasteiger charge is -2.14. The third-order valence-electron chi connectivity index (χ3n) is 3.33. The van der Waals surface area contributed by atoms with Crippen LogP contribution in [0.1, 0.15) is 22.8 Å². The standard InChI is InChI=1S/C18H22N2O2/c1-14(12-22-13-15-7-3-2-4-8-15)11-20-18(21)16-9-5-6-10-17(16)19/h2-10,14H,11-13,19H2,1H3,(H,20,21). The van der Waals surface area contributed by atoms with Crippen LogP contribution in [0, 0.1) is 5.92 Å². The topological polar surface area (TPSA) is 64.4 Å². The van der Waals surface area contributed by atoms with Gasteiger partial charge in [0.1, 0.15) is 0 Å². The van der Waals surface area contributed by atoms with Gasteiger partial charge in [0, 0.05) is 12.2 Å². The van der Waals surface area contributed by atoms with Gasteiger partial charge in [-0.25, -0.2) is 0 Å². The lowest BCUT2D eigenvalue weighted by Crippen LogP contribution is -2.30. The normalized spacial score (nSPS) is 11.9. The number of carbonyl (C=O) groups is 1. The van der Waals surface area contributed by atoms with Gasteiger partial charge in [-0.2, -0.15) is 0 Å². The van der Waals surface area contributed by atoms with E-state index in [1.165, 1.54) is 0 Å². The first-order valence-corrected chi connectivity index (χ1v) is 7.41. The molecule has 1 amide bonds. The lowest BCUT2D eigenvalue weighted by atomic mass is 10.1. The van der Waals surface area contributed by atoms with Gasteiger partial charge in [0.05, 0.1) is 18.8 Å². The summed E-state index contributed by atoms with van der Waals surface area (Å²) in [6.45, 7) is 3.78. The average Bonchev–Trinajstić information content (AvgIpc) is 2.54. The number of nitrogens with two attached hydrogens (primary N) is 1. The molecule has 1 unspecified atom stereocenters. The number of nitrogen functional groups attached to an aromatic ring is 1.